The summed E-state index contributed by atoms with van der Waals surface area (Å²) in [5.74, 6) is -0.850. The van der Waals surface area contributed by atoms with Crippen molar-refractivity contribution in [2.75, 3.05) is 36.3 Å². The lowest BCUT2D eigenvalue weighted by atomic mass is 9.77. The normalized spacial score (nSPS) is 26.4. The highest BCUT2D eigenvalue weighted by molar-refractivity contribution is 6.05. The molecule has 2 fully saturated rings. The third-order valence-electron chi connectivity index (χ3n) is 6.52. The maximum absolute atomic E-state index is 13.5. The van der Waals surface area contributed by atoms with Gasteiger partial charge in [0.05, 0.1) is 38.7 Å². The number of rotatable bonds is 6. The second kappa shape index (κ2) is 8.18. The molecule has 2 saturated heterocycles. The highest BCUT2D eigenvalue weighted by atomic mass is 16.5. The second-order valence-electron chi connectivity index (χ2n) is 8.64. The number of methoxy groups -OCH3 is 2. The fourth-order valence-corrected chi connectivity index (χ4v) is 5.05. The molecule has 3 aliphatic rings. The summed E-state index contributed by atoms with van der Waals surface area (Å²) in [6.45, 7) is 1.75. The maximum atomic E-state index is 13.5. The first-order valence-corrected chi connectivity index (χ1v) is 10.9. The Morgan fingerprint density at radius 3 is 2.32 bits per heavy atom. The summed E-state index contributed by atoms with van der Waals surface area (Å²) >= 11 is 0. The first-order chi connectivity index (χ1) is 16.3. The summed E-state index contributed by atoms with van der Waals surface area (Å²) in [5.41, 5.74) is 0.994. The Hall–Kier alpha value is -3.85. The molecule has 4 atom stereocenters. The van der Waals surface area contributed by atoms with Gasteiger partial charge in [-0.05, 0) is 24.3 Å². The van der Waals surface area contributed by atoms with E-state index in [0.717, 1.165) is 0 Å². The number of hydrogen-bond acceptors (Lipinski definition) is 6. The van der Waals surface area contributed by atoms with Gasteiger partial charge in [-0.2, -0.15) is 0 Å². The van der Waals surface area contributed by atoms with Crippen molar-refractivity contribution >= 4 is 34.8 Å². The average Bonchev–Trinajstić information content (AvgIpc) is 3.47. The van der Waals surface area contributed by atoms with E-state index in [-0.39, 0.29) is 17.7 Å². The predicted molar refractivity (Wildman–Crippen MR) is 125 cm³/mol. The van der Waals surface area contributed by atoms with Crippen molar-refractivity contribution in [3.63, 3.8) is 0 Å². The molecule has 2 N–H and O–H groups in total. The standard InChI is InChI=1S/C25H25N3O6/c1-14(29)26-15-4-6-17(7-5-15)28-13-25-9-8-20(34-25)21(22(25)24(28)31)23(30)27-16-10-18(32-2)12-19(11-16)33-3/h4-12,20-22H,13H2,1-3H3,(H,26,29)(H,27,30)/t20-,21?,22?,25-/m0/s1. The zero-order valence-electron chi connectivity index (χ0n) is 19.0. The highest BCUT2D eigenvalue weighted by Crippen LogP contribution is 2.53. The van der Waals surface area contributed by atoms with Gasteiger partial charge in [0.1, 0.15) is 17.1 Å². The van der Waals surface area contributed by atoms with Crippen LogP contribution >= 0.6 is 0 Å². The van der Waals surface area contributed by atoms with Crippen LogP contribution in [-0.4, -0.2) is 50.2 Å². The smallest absolute Gasteiger partial charge is 0.234 e. The maximum Gasteiger partial charge on any atom is 0.234 e. The van der Waals surface area contributed by atoms with Crippen molar-refractivity contribution in [2.45, 2.75) is 18.6 Å². The van der Waals surface area contributed by atoms with Crippen molar-refractivity contribution in [1.82, 2.24) is 0 Å². The Bertz CT molecular complexity index is 1170. The summed E-state index contributed by atoms with van der Waals surface area (Å²) in [4.78, 5) is 39.8. The fraction of sp³-hybridized carbons (Fsp3) is 0.320. The molecular weight excluding hydrogens is 438 g/mol. The summed E-state index contributed by atoms with van der Waals surface area (Å²) < 4.78 is 16.8. The Labute approximate surface area is 196 Å². The number of nitrogens with zero attached hydrogens (tertiary/aromatic N) is 1. The SMILES string of the molecule is COc1cc(NC(=O)C2C3C(=O)N(c4ccc(NC(C)=O)cc4)C[C@@]34C=C[C@@H]2O4)cc(OC)c1. The Kier molecular flexibility index (Phi) is 5.28. The van der Waals surface area contributed by atoms with Crippen molar-refractivity contribution in [2.24, 2.45) is 11.8 Å². The van der Waals surface area contributed by atoms with E-state index in [1.165, 1.54) is 21.1 Å². The highest BCUT2D eigenvalue weighted by Gasteiger charge is 2.67. The Morgan fingerprint density at radius 1 is 1.03 bits per heavy atom. The molecule has 34 heavy (non-hydrogen) atoms. The molecule has 9 nitrogen and oxygen atoms in total. The van der Waals surface area contributed by atoms with Gasteiger partial charge < -0.3 is 29.7 Å². The molecule has 3 heterocycles. The van der Waals surface area contributed by atoms with Crippen molar-refractivity contribution in [1.29, 1.82) is 0 Å². The third-order valence-corrected chi connectivity index (χ3v) is 6.52. The molecular formula is C25H25N3O6. The van der Waals surface area contributed by atoms with Gasteiger partial charge in [-0.1, -0.05) is 12.2 Å². The molecule has 2 bridgehead atoms. The number of ether oxygens (including phenoxy) is 3. The van der Waals surface area contributed by atoms with E-state index in [4.69, 9.17) is 14.2 Å². The molecule has 0 saturated carbocycles. The van der Waals surface area contributed by atoms with Crippen LogP contribution in [0.2, 0.25) is 0 Å². The first-order valence-electron chi connectivity index (χ1n) is 10.9. The van der Waals surface area contributed by atoms with Crippen molar-refractivity contribution in [3.05, 3.63) is 54.6 Å². The van der Waals surface area contributed by atoms with Gasteiger partial charge in [-0.25, -0.2) is 0 Å². The summed E-state index contributed by atoms with van der Waals surface area (Å²) in [6.07, 6.45) is 3.30. The van der Waals surface area contributed by atoms with Gasteiger partial charge in [0.2, 0.25) is 17.7 Å². The monoisotopic (exact) mass is 463 g/mol. The van der Waals surface area contributed by atoms with Gasteiger partial charge in [0.15, 0.2) is 0 Å². The van der Waals surface area contributed by atoms with Crippen LogP contribution in [0.3, 0.4) is 0 Å². The molecule has 9 heteroatoms. The minimum absolute atomic E-state index is 0.164. The molecule has 3 aliphatic heterocycles. The van der Waals surface area contributed by atoms with Crippen LogP contribution in [0, 0.1) is 11.8 Å². The zero-order chi connectivity index (χ0) is 24.0. The van der Waals surface area contributed by atoms with Crippen LogP contribution in [0.25, 0.3) is 0 Å². The lowest BCUT2D eigenvalue weighted by molar-refractivity contribution is -0.128. The number of amides is 3. The van der Waals surface area contributed by atoms with E-state index in [2.05, 4.69) is 10.6 Å². The summed E-state index contributed by atoms with van der Waals surface area (Å²) in [7, 11) is 3.07. The number of anilines is 3. The topological polar surface area (TPSA) is 106 Å². The number of carbonyl (C=O) groups is 3. The van der Waals surface area contributed by atoms with Crippen LogP contribution in [0.5, 0.6) is 11.5 Å². The lowest BCUT2D eigenvalue weighted by Gasteiger charge is -2.23. The van der Waals surface area contributed by atoms with Crippen LogP contribution < -0.4 is 25.0 Å². The van der Waals surface area contributed by atoms with Crippen LogP contribution in [-0.2, 0) is 19.1 Å². The number of hydrogen-bond donors (Lipinski definition) is 2. The van der Waals surface area contributed by atoms with E-state index < -0.39 is 23.5 Å². The minimum atomic E-state index is -0.841. The predicted octanol–water partition coefficient (Wildman–Crippen LogP) is 2.59. The van der Waals surface area contributed by atoms with Crippen LogP contribution in [0.15, 0.2) is 54.6 Å². The molecule has 0 radical (unpaired) electrons. The van der Waals surface area contributed by atoms with Crippen LogP contribution in [0.4, 0.5) is 17.1 Å². The second-order valence-corrected chi connectivity index (χ2v) is 8.64. The van der Waals surface area contributed by atoms with Crippen molar-refractivity contribution < 1.29 is 28.6 Å². The molecule has 176 valence electrons. The lowest BCUT2D eigenvalue weighted by Crippen LogP contribution is -2.41. The van der Waals surface area contributed by atoms with Crippen molar-refractivity contribution in [3.8, 4) is 11.5 Å². The average molecular weight is 463 g/mol. The molecule has 3 amide bonds. The van der Waals surface area contributed by atoms with Gasteiger partial charge in [-0.15, -0.1) is 0 Å². The molecule has 0 aliphatic carbocycles. The van der Waals surface area contributed by atoms with Gasteiger partial charge in [-0.3, -0.25) is 14.4 Å². The van der Waals surface area contributed by atoms with E-state index >= 15 is 0 Å². The fourth-order valence-electron chi connectivity index (χ4n) is 5.05. The van der Waals surface area contributed by atoms with Crippen LogP contribution in [0.1, 0.15) is 6.92 Å². The summed E-state index contributed by atoms with van der Waals surface area (Å²) in [6, 6.07) is 12.1. The third kappa shape index (κ3) is 3.58. The molecule has 2 aromatic rings. The molecule has 0 aromatic heterocycles. The Morgan fingerprint density at radius 2 is 1.71 bits per heavy atom. The number of carbonyl (C=O) groups excluding carboxylic acids is 3. The summed E-state index contributed by atoms with van der Waals surface area (Å²) in [5, 5.41) is 5.62. The van der Waals surface area contributed by atoms with Gasteiger partial charge in [0, 0.05) is 42.2 Å². The van der Waals surface area contributed by atoms with E-state index in [9.17, 15) is 14.4 Å². The van der Waals surface area contributed by atoms with E-state index in [1.807, 2.05) is 12.2 Å². The first kappa shape index (κ1) is 22.0. The largest absolute Gasteiger partial charge is 0.497 e. The quantitative estimate of drug-likeness (QED) is 0.638. The van der Waals surface area contributed by atoms with Gasteiger partial charge >= 0.3 is 0 Å². The van der Waals surface area contributed by atoms with E-state index in [0.29, 0.717) is 35.1 Å². The number of nitrogens with one attached hydrogen (secondary N) is 2. The Balaban J connectivity index is 1.38. The molecule has 1 spiro atoms. The molecule has 5 rings (SSSR count). The zero-order valence-corrected chi connectivity index (χ0v) is 19.0. The van der Waals surface area contributed by atoms with E-state index in [1.54, 1.807) is 47.4 Å². The molecule has 2 aromatic carbocycles. The number of fused-ring (bicyclic) bond motifs is 1. The molecule has 2 unspecified atom stereocenters. The number of benzene rings is 2. The minimum Gasteiger partial charge on any atom is -0.497 e. The van der Waals surface area contributed by atoms with Gasteiger partial charge in [0.25, 0.3) is 0 Å².